The molecule has 0 heteroatoms. The zero-order valence-electron chi connectivity index (χ0n) is 13.2. The largest absolute Gasteiger partial charge is 0.0622 e. The Morgan fingerprint density at radius 1 is 0.435 bits per heavy atom. The highest BCUT2D eigenvalue weighted by atomic mass is 14.1. The van der Waals surface area contributed by atoms with Gasteiger partial charge < -0.3 is 0 Å². The predicted molar refractivity (Wildman–Crippen MR) is 99.6 cm³/mol. The Morgan fingerprint density at radius 2 is 0.913 bits per heavy atom. The van der Waals surface area contributed by atoms with Gasteiger partial charge in [-0.05, 0) is 52.1 Å². The number of benzene rings is 4. The van der Waals surface area contributed by atoms with Crippen molar-refractivity contribution >= 4 is 10.8 Å². The Bertz CT molecular complexity index is 948. The van der Waals surface area contributed by atoms with Gasteiger partial charge in [-0.1, -0.05) is 84.4 Å². The molecule has 0 heterocycles. The first-order valence-corrected chi connectivity index (χ1v) is 7.96. The van der Waals surface area contributed by atoms with E-state index in [0.29, 0.717) is 0 Å². The van der Waals surface area contributed by atoms with Crippen molar-refractivity contribution in [2.75, 3.05) is 0 Å². The van der Waals surface area contributed by atoms with Crippen LogP contribution in [0.2, 0.25) is 0 Å². The Labute approximate surface area is 137 Å². The highest BCUT2D eigenvalue weighted by Gasteiger charge is 2.02. The summed E-state index contributed by atoms with van der Waals surface area (Å²) in [4.78, 5) is 0. The highest BCUT2D eigenvalue weighted by Crippen LogP contribution is 2.28. The molecule has 110 valence electrons. The summed E-state index contributed by atoms with van der Waals surface area (Å²) in [6, 6.07) is 32.6. The van der Waals surface area contributed by atoms with Gasteiger partial charge in [-0.3, -0.25) is 0 Å². The minimum Gasteiger partial charge on any atom is -0.0622 e. The summed E-state index contributed by atoms with van der Waals surface area (Å²) in [5.74, 6) is 0. The van der Waals surface area contributed by atoms with E-state index in [2.05, 4.69) is 97.9 Å². The van der Waals surface area contributed by atoms with E-state index >= 15 is 0 Å². The molecule has 4 aromatic carbocycles. The van der Waals surface area contributed by atoms with Crippen LogP contribution in [0.1, 0.15) is 5.56 Å². The van der Waals surface area contributed by atoms with Crippen molar-refractivity contribution in [1.82, 2.24) is 0 Å². The van der Waals surface area contributed by atoms with Gasteiger partial charge in [-0.25, -0.2) is 0 Å². The lowest BCUT2D eigenvalue weighted by atomic mass is 9.97. The number of hydrogen-bond donors (Lipinski definition) is 0. The Morgan fingerprint density at radius 3 is 1.48 bits per heavy atom. The van der Waals surface area contributed by atoms with E-state index in [9.17, 15) is 0 Å². The van der Waals surface area contributed by atoms with E-state index in [-0.39, 0.29) is 0 Å². The predicted octanol–water partition coefficient (Wildman–Crippen LogP) is 6.48. The van der Waals surface area contributed by atoms with Crippen LogP contribution >= 0.6 is 0 Å². The van der Waals surface area contributed by atoms with E-state index in [4.69, 9.17) is 0 Å². The molecule has 0 fully saturated rings. The van der Waals surface area contributed by atoms with Crippen LogP contribution in [0, 0.1) is 6.92 Å². The quantitative estimate of drug-likeness (QED) is 0.397. The van der Waals surface area contributed by atoms with Gasteiger partial charge in [-0.15, -0.1) is 0 Å². The van der Waals surface area contributed by atoms with E-state index in [1.165, 1.54) is 38.6 Å². The van der Waals surface area contributed by atoms with Crippen LogP contribution in [0.5, 0.6) is 0 Å². The molecule has 0 bridgehead atoms. The average molecular weight is 294 g/mol. The van der Waals surface area contributed by atoms with Gasteiger partial charge in [0, 0.05) is 0 Å². The van der Waals surface area contributed by atoms with Crippen LogP contribution in [0.25, 0.3) is 33.0 Å². The molecular weight excluding hydrogens is 276 g/mol. The molecule has 0 amide bonds. The third-order valence-electron chi connectivity index (χ3n) is 4.33. The fourth-order valence-corrected chi connectivity index (χ4v) is 2.98. The zero-order chi connectivity index (χ0) is 15.6. The molecule has 0 N–H and O–H groups in total. The maximum absolute atomic E-state index is 2.27. The van der Waals surface area contributed by atoms with Crippen molar-refractivity contribution in [1.29, 1.82) is 0 Å². The fraction of sp³-hybridized carbons (Fsp3) is 0.0435. The molecule has 0 unspecified atom stereocenters. The topological polar surface area (TPSA) is 0 Å². The normalized spacial score (nSPS) is 10.8. The van der Waals surface area contributed by atoms with Crippen molar-refractivity contribution in [3.05, 3.63) is 96.6 Å². The van der Waals surface area contributed by atoms with Gasteiger partial charge in [0.25, 0.3) is 0 Å². The number of hydrogen-bond acceptors (Lipinski definition) is 0. The zero-order valence-corrected chi connectivity index (χ0v) is 13.2. The van der Waals surface area contributed by atoms with E-state index in [0.717, 1.165) is 0 Å². The first-order chi connectivity index (χ1) is 11.3. The van der Waals surface area contributed by atoms with Gasteiger partial charge in [0.15, 0.2) is 0 Å². The minimum absolute atomic E-state index is 1.26. The molecule has 0 aliphatic heterocycles. The lowest BCUT2D eigenvalue weighted by Crippen LogP contribution is -1.82. The summed E-state index contributed by atoms with van der Waals surface area (Å²) in [6.45, 7) is 2.12. The van der Waals surface area contributed by atoms with Gasteiger partial charge in [0.05, 0.1) is 0 Å². The highest BCUT2D eigenvalue weighted by molar-refractivity contribution is 5.90. The molecule has 0 aromatic heterocycles. The van der Waals surface area contributed by atoms with Crippen LogP contribution in [0.4, 0.5) is 0 Å². The lowest BCUT2D eigenvalue weighted by Gasteiger charge is -2.07. The maximum Gasteiger partial charge on any atom is -0.0177 e. The first kappa shape index (κ1) is 13.8. The van der Waals surface area contributed by atoms with Gasteiger partial charge in [-0.2, -0.15) is 0 Å². The van der Waals surface area contributed by atoms with Crippen LogP contribution in [0.15, 0.2) is 91.0 Å². The number of rotatable bonds is 2. The molecule has 23 heavy (non-hydrogen) atoms. The standard InChI is InChI=1S/C23H18/c1-17-7-9-19(10-8-17)21-12-14-22-15-20(11-13-23(22)16-21)18-5-3-2-4-6-18/h2-16H,1H3. The Kier molecular flexibility index (Phi) is 3.44. The fourth-order valence-electron chi connectivity index (χ4n) is 2.98. The summed E-state index contributed by atoms with van der Waals surface area (Å²) in [6.07, 6.45) is 0. The van der Waals surface area contributed by atoms with E-state index in [1.807, 2.05) is 0 Å². The molecule has 4 rings (SSSR count). The van der Waals surface area contributed by atoms with Crippen LogP contribution < -0.4 is 0 Å². The van der Waals surface area contributed by atoms with Gasteiger partial charge in [0.2, 0.25) is 0 Å². The second kappa shape index (κ2) is 5.73. The smallest absolute Gasteiger partial charge is 0.0177 e. The first-order valence-electron chi connectivity index (χ1n) is 7.96. The van der Waals surface area contributed by atoms with Crippen molar-refractivity contribution in [3.63, 3.8) is 0 Å². The molecule has 0 saturated carbocycles. The van der Waals surface area contributed by atoms with Crippen molar-refractivity contribution in [2.24, 2.45) is 0 Å². The minimum atomic E-state index is 1.26. The van der Waals surface area contributed by atoms with Crippen LogP contribution in [-0.4, -0.2) is 0 Å². The van der Waals surface area contributed by atoms with Crippen LogP contribution in [0.3, 0.4) is 0 Å². The monoisotopic (exact) mass is 294 g/mol. The lowest BCUT2D eigenvalue weighted by molar-refractivity contribution is 1.47. The maximum atomic E-state index is 2.27. The molecule has 0 spiro atoms. The third-order valence-corrected chi connectivity index (χ3v) is 4.33. The second-order valence-electron chi connectivity index (χ2n) is 6.01. The molecule has 4 aromatic rings. The summed E-state index contributed by atoms with van der Waals surface area (Å²) in [5, 5.41) is 2.56. The Balaban J connectivity index is 1.77. The molecule has 0 nitrogen and oxygen atoms in total. The average Bonchev–Trinajstić information content (AvgIpc) is 2.62. The SMILES string of the molecule is Cc1ccc(-c2ccc3cc(-c4ccccc4)ccc3c2)cc1. The number of fused-ring (bicyclic) bond motifs is 1. The molecule has 0 radical (unpaired) electrons. The van der Waals surface area contributed by atoms with Crippen molar-refractivity contribution < 1.29 is 0 Å². The van der Waals surface area contributed by atoms with E-state index < -0.39 is 0 Å². The third kappa shape index (κ3) is 2.76. The summed E-state index contributed by atoms with van der Waals surface area (Å²) < 4.78 is 0. The summed E-state index contributed by atoms with van der Waals surface area (Å²) in [7, 11) is 0. The van der Waals surface area contributed by atoms with Crippen molar-refractivity contribution in [3.8, 4) is 22.3 Å². The van der Waals surface area contributed by atoms with E-state index in [1.54, 1.807) is 0 Å². The summed E-state index contributed by atoms with van der Waals surface area (Å²) in [5.41, 5.74) is 6.36. The molecule has 0 saturated heterocycles. The molecule has 0 aliphatic carbocycles. The number of aryl methyl sites for hydroxylation is 1. The van der Waals surface area contributed by atoms with Gasteiger partial charge >= 0.3 is 0 Å². The Hall–Kier alpha value is -2.86. The molecule has 0 aliphatic rings. The van der Waals surface area contributed by atoms with Crippen LogP contribution in [-0.2, 0) is 0 Å². The van der Waals surface area contributed by atoms with Crippen molar-refractivity contribution in [2.45, 2.75) is 6.92 Å². The second-order valence-corrected chi connectivity index (χ2v) is 6.01. The van der Waals surface area contributed by atoms with Gasteiger partial charge in [0.1, 0.15) is 0 Å². The summed E-state index contributed by atoms with van der Waals surface area (Å²) >= 11 is 0. The molecular formula is C23H18. The molecule has 0 atom stereocenters.